The molecule has 0 aromatic carbocycles. The number of fused-ring (bicyclic) bond motifs is 1. The first-order valence-electron chi connectivity index (χ1n) is 5.56. The van der Waals surface area contributed by atoms with Crippen LogP contribution in [-0.4, -0.2) is 20.0 Å². The molecular formula is C12H14Br2O5. The van der Waals surface area contributed by atoms with Gasteiger partial charge in [0.25, 0.3) is 0 Å². The van der Waals surface area contributed by atoms with Gasteiger partial charge in [-0.2, -0.15) is 0 Å². The van der Waals surface area contributed by atoms with Crippen LogP contribution in [0.4, 0.5) is 0 Å². The summed E-state index contributed by atoms with van der Waals surface area (Å²) in [5.41, 5.74) is 0.185. The van der Waals surface area contributed by atoms with E-state index in [9.17, 15) is 4.79 Å². The Bertz CT molecular complexity index is 566. The van der Waals surface area contributed by atoms with Crippen molar-refractivity contribution in [3.05, 3.63) is 26.2 Å². The topological polar surface area (TPSA) is 57.9 Å². The number of rotatable bonds is 2. The lowest BCUT2D eigenvalue weighted by molar-refractivity contribution is -0.247. The van der Waals surface area contributed by atoms with Gasteiger partial charge in [-0.3, -0.25) is 0 Å². The monoisotopic (exact) mass is 396 g/mol. The van der Waals surface area contributed by atoms with Crippen LogP contribution in [0.1, 0.15) is 25.2 Å². The van der Waals surface area contributed by atoms with Crippen molar-refractivity contribution in [1.29, 1.82) is 0 Å². The van der Waals surface area contributed by atoms with Gasteiger partial charge in [0.1, 0.15) is 20.3 Å². The minimum atomic E-state index is -0.950. The second kappa shape index (κ2) is 4.87. The second-order valence-electron chi connectivity index (χ2n) is 4.49. The lowest BCUT2D eigenvalue weighted by atomic mass is 9.92. The minimum Gasteiger partial charge on any atom is -0.495 e. The van der Waals surface area contributed by atoms with Crippen LogP contribution in [0.5, 0.6) is 5.75 Å². The van der Waals surface area contributed by atoms with Gasteiger partial charge in [0.05, 0.1) is 19.3 Å². The number of hydrogen-bond donors (Lipinski definition) is 0. The maximum absolute atomic E-state index is 11.9. The van der Waals surface area contributed by atoms with E-state index in [2.05, 4.69) is 31.9 Å². The molecule has 1 aliphatic heterocycles. The summed E-state index contributed by atoms with van der Waals surface area (Å²) in [5.74, 6) is -0.0716. The van der Waals surface area contributed by atoms with Gasteiger partial charge in [0.2, 0.25) is 0 Å². The molecule has 1 aliphatic rings. The predicted molar refractivity (Wildman–Crippen MR) is 75.7 cm³/mol. The van der Waals surface area contributed by atoms with E-state index in [1.807, 2.05) is 6.92 Å². The van der Waals surface area contributed by atoms with E-state index in [0.717, 1.165) is 0 Å². The van der Waals surface area contributed by atoms with E-state index >= 15 is 0 Å². The van der Waals surface area contributed by atoms with Gasteiger partial charge in [0.15, 0.2) is 5.79 Å². The number of methoxy groups -OCH3 is 2. The van der Waals surface area contributed by atoms with Crippen LogP contribution in [0.3, 0.4) is 0 Å². The molecule has 0 fully saturated rings. The van der Waals surface area contributed by atoms with Gasteiger partial charge in [-0.25, -0.2) is 4.79 Å². The molecule has 0 N–H and O–H groups in total. The Kier molecular flexibility index (Phi) is 3.85. The lowest BCUT2D eigenvalue weighted by Crippen LogP contribution is -2.50. The summed E-state index contributed by atoms with van der Waals surface area (Å²) in [4.78, 5) is 11.9. The van der Waals surface area contributed by atoms with Crippen LogP contribution in [0, 0.1) is 0 Å². The maximum atomic E-state index is 11.9. The van der Waals surface area contributed by atoms with Gasteiger partial charge in [-0.15, -0.1) is 0 Å². The van der Waals surface area contributed by atoms with Crippen molar-refractivity contribution in [1.82, 2.24) is 0 Å². The fourth-order valence-electron chi connectivity index (χ4n) is 2.05. The molecule has 0 aliphatic carbocycles. The van der Waals surface area contributed by atoms with E-state index < -0.39 is 15.7 Å². The highest BCUT2D eigenvalue weighted by Gasteiger charge is 2.53. The third-order valence-corrected chi connectivity index (χ3v) is 5.25. The van der Waals surface area contributed by atoms with E-state index in [4.69, 9.17) is 18.6 Å². The quantitative estimate of drug-likeness (QED) is 0.718. The first-order chi connectivity index (χ1) is 8.78. The van der Waals surface area contributed by atoms with E-state index in [1.165, 1.54) is 7.11 Å². The fraction of sp³-hybridized carbons (Fsp3) is 0.583. The molecule has 2 heterocycles. The number of halogens is 2. The Morgan fingerprint density at radius 2 is 1.95 bits per heavy atom. The van der Waals surface area contributed by atoms with Gasteiger partial charge < -0.3 is 18.6 Å². The molecule has 0 bridgehead atoms. The van der Waals surface area contributed by atoms with Gasteiger partial charge in [-0.1, -0.05) is 15.9 Å². The molecule has 0 spiro atoms. The molecule has 1 aromatic rings. The predicted octanol–water partition coefficient (Wildman–Crippen LogP) is 2.91. The first-order valence-corrected chi connectivity index (χ1v) is 7.15. The van der Waals surface area contributed by atoms with Gasteiger partial charge >= 0.3 is 5.63 Å². The van der Waals surface area contributed by atoms with Crippen LogP contribution < -0.4 is 10.4 Å². The van der Waals surface area contributed by atoms with Crippen LogP contribution in [0.2, 0.25) is 0 Å². The van der Waals surface area contributed by atoms with Crippen molar-refractivity contribution in [3.63, 3.8) is 0 Å². The second-order valence-corrected chi connectivity index (χ2v) is 6.86. The smallest absolute Gasteiger partial charge is 0.354 e. The average Bonchev–Trinajstić information content (AvgIpc) is 2.37. The van der Waals surface area contributed by atoms with Crippen LogP contribution in [0.15, 0.2) is 13.7 Å². The van der Waals surface area contributed by atoms with E-state index in [-0.39, 0.29) is 11.1 Å². The summed E-state index contributed by atoms with van der Waals surface area (Å²) >= 11 is 6.71. The summed E-state index contributed by atoms with van der Waals surface area (Å²) in [7, 11) is 3.04. The molecule has 0 radical (unpaired) electrons. The van der Waals surface area contributed by atoms with Crippen LogP contribution in [-0.2, 0) is 20.4 Å². The Labute approximate surface area is 127 Å². The molecule has 1 aromatic heterocycles. The summed E-state index contributed by atoms with van der Waals surface area (Å²) < 4.78 is 21.3. The van der Waals surface area contributed by atoms with Crippen LogP contribution in [0.25, 0.3) is 0 Å². The molecule has 0 saturated heterocycles. The minimum absolute atomic E-state index is 0.229. The Morgan fingerprint density at radius 1 is 1.32 bits per heavy atom. The SMILES string of the molecule is COc1c2c(oc(=O)c1Br)[C@](C)(Br)[C@](C)(OC)OC2. The Hall–Kier alpha value is -0.370. The zero-order valence-corrected chi connectivity index (χ0v) is 14.2. The summed E-state index contributed by atoms with van der Waals surface area (Å²) in [6.45, 7) is 3.83. The molecule has 7 heteroatoms. The maximum Gasteiger partial charge on any atom is 0.354 e. The third kappa shape index (κ3) is 2.07. The van der Waals surface area contributed by atoms with Crippen molar-refractivity contribution < 1.29 is 18.6 Å². The zero-order chi connectivity index (χ0) is 14.4. The normalized spacial score (nSPS) is 30.0. The molecule has 2 rings (SSSR count). The van der Waals surface area contributed by atoms with Crippen molar-refractivity contribution in [2.75, 3.05) is 14.2 Å². The molecule has 106 valence electrons. The van der Waals surface area contributed by atoms with E-state index in [0.29, 0.717) is 17.1 Å². The molecule has 0 saturated carbocycles. The van der Waals surface area contributed by atoms with Crippen molar-refractivity contribution in [2.45, 2.75) is 30.6 Å². The number of hydrogen-bond acceptors (Lipinski definition) is 5. The van der Waals surface area contributed by atoms with Crippen molar-refractivity contribution >= 4 is 31.9 Å². The summed E-state index contributed by atoms with van der Waals surface area (Å²) in [5, 5.41) is 0. The molecule has 2 atom stereocenters. The average molecular weight is 398 g/mol. The highest BCUT2D eigenvalue weighted by atomic mass is 79.9. The summed E-state index contributed by atoms with van der Waals surface area (Å²) in [6, 6.07) is 0. The lowest BCUT2D eigenvalue weighted by Gasteiger charge is -2.44. The van der Waals surface area contributed by atoms with Gasteiger partial charge in [0, 0.05) is 7.11 Å². The standard InChI is InChI=1S/C12H14Br2O5/c1-11(14)9-6(5-18-12(11,2)17-4)8(16-3)7(13)10(15)19-9/h5H2,1-4H3/t11-,12+/m0/s1. The molecular weight excluding hydrogens is 384 g/mol. The van der Waals surface area contributed by atoms with Crippen molar-refractivity contribution in [2.24, 2.45) is 0 Å². The molecule has 0 amide bonds. The fourth-order valence-corrected chi connectivity index (χ4v) is 3.13. The zero-order valence-electron chi connectivity index (χ0n) is 11.0. The van der Waals surface area contributed by atoms with Crippen LogP contribution >= 0.6 is 31.9 Å². The number of ether oxygens (including phenoxy) is 3. The largest absolute Gasteiger partial charge is 0.495 e. The first kappa shape index (κ1) is 15.0. The Morgan fingerprint density at radius 3 is 2.47 bits per heavy atom. The van der Waals surface area contributed by atoms with Crippen molar-refractivity contribution in [3.8, 4) is 5.75 Å². The third-order valence-electron chi connectivity index (χ3n) is 3.49. The highest BCUT2D eigenvalue weighted by molar-refractivity contribution is 9.10. The highest BCUT2D eigenvalue weighted by Crippen LogP contribution is 2.51. The number of alkyl halides is 1. The molecule has 0 unspecified atom stereocenters. The van der Waals surface area contributed by atoms with E-state index in [1.54, 1.807) is 14.0 Å². The summed E-state index contributed by atoms with van der Waals surface area (Å²) in [6.07, 6.45) is 0. The van der Waals surface area contributed by atoms with Gasteiger partial charge in [-0.05, 0) is 29.8 Å². The Balaban J connectivity index is 2.75. The molecule has 5 nitrogen and oxygen atoms in total. The molecule has 19 heavy (non-hydrogen) atoms.